The van der Waals surface area contributed by atoms with E-state index in [1.807, 2.05) is 29.7 Å². The largest absolute Gasteiger partial charge is 0.367 e. The zero-order chi connectivity index (χ0) is 21.3. The van der Waals surface area contributed by atoms with Crippen LogP contribution >= 0.6 is 11.3 Å². The van der Waals surface area contributed by atoms with Crippen LogP contribution in [0.25, 0.3) is 21.6 Å². The quantitative estimate of drug-likeness (QED) is 0.429. The molecule has 3 aromatic heterocycles. The maximum absolute atomic E-state index is 5.04. The van der Waals surface area contributed by atoms with Gasteiger partial charge in [0.1, 0.15) is 10.6 Å². The minimum atomic E-state index is 0.345. The molecule has 4 aromatic rings. The van der Waals surface area contributed by atoms with E-state index in [9.17, 15) is 0 Å². The van der Waals surface area contributed by atoms with Crippen molar-refractivity contribution in [1.82, 2.24) is 19.9 Å². The van der Waals surface area contributed by atoms with E-state index in [-0.39, 0.29) is 0 Å². The summed E-state index contributed by atoms with van der Waals surface area (Å²) in [5.74, 6) is 1.74. The molecule has 162 valence electrons. The van der Waals surface area contributed by atoms with E-state index < -0.39 is 0 Å². The van der Waals surface area contributed by atoms with Crippen molar-refractivity contribution in [1.29, 1.82) is 0 Å². The number of nitrogens with one attached hydrogen (secondary N) is 1. The lowest BCUT2D eigenvalue weighted by atomic mass is 10.1. The average molecular weight is 442 g/mol. The molecule has 0 amide bonds. The molecule has 6 heteroatoms. The van der Waals surface area contributed by atoms with Gasteiger partial charge in [0.05, 0.1) is 11.4 Å². The Morgan fingerprint density at radius 3 is 2.66 bits per heavy atom. The second-order valence-electron chi connectivity index (χ2n) is 8.73. The topological polar surface area (TPSA) is 53.9 Å². The van der Waals surface area contributed by atoms with Gasteiger partial charge in [0, 0.05) is 29.4 Å². The Hall–Kier alpha value is -2.83. The summed E-state index contributed by atoms with van der Waals surface area (Å²) in [5, 5.41) is 5.02. The first-order valence-corrected chi connectivity index (χ1v) is 12.4. The minimum Gasteiger partial charge on any atom is -0.367 e. The van der Waals surface area contributed by atoms with E-state index in [1.165, 1.54) is 47.1 Å². The Morgan fingerprint density at radius 2 is 1.84 bits per heavy atom. The maximum atomic E-state index is 5.04. The number of fused-ring (bicyclic) bond motifs is 3. The summed E-state index contributed by atoms with van der Waals surface area (Å²) in [4.78, 5) is 19.5. The third-order valence-electron chi connectivity index (χ3n) is 6.71. The molecule has 32 heavy (non-hydrogen) atoms. The molecule has 1 N–H and O–H groups in total. The van der Waals surface area contributed by atoms with Crippen LogP contribution < -0.4 is 5.32 Å². The number of rotatable bonds is 6. The van der Waals surface area contributed by atoms with Gasteiger partial charge in [0.15, 0.2) is 5.82 Å². The molecule has 0 unspecified atom stereocenters. The highest BCUT2D eigenvalue weighted by atomic mass is 32.1. The smallest absolute Gasteiger partial charge is 0.164 e. The summed E-state index contributed by atoms with van der Waals surface area (Å²) < 4.78 is 0. The van der Waals surface area contributed by atoms with Crippen molar-refractivity contribution in [2.45, 2.75) is 38.1 Å². The standard InChI is InChI=1S/C26H27N5S/c1-2-8-18(9-3-1)21(31-14-4-5-15-31)17-28-25-23-20-11-6-12-22(20)32-26(23)30-24(29-25)19-10-7-13-27-16-19/h1-3,7-10,13,16,21H,4-6,11-12,14-15,17H2,(H,28,29,30)/t21-/m0/s1. The third kappa shape index (κ3) is 3.67. The molecular formula is C26H27N5S. The number of hydrogen-bond donors (Lipinski definition) is 1. The van der Waals surface area contributed by atoms with Gasteiger partial charge in [-0.3, -0.25) is 9.88 Å². The maximum Gasteiger partial charge on any atom is 0.164 e. The molecule has 2 aliphatic rings. The van der Waals surface area contributed by atoms with E-state index >= 15 is 0 Å². The lowest BCUT2D eigenvalue weighted by Crippen LogP contribution is -2.31. The summed E-state index contributed by atoms with van der Waals surface area (Å²) >= 11 is 1.84. The van der Waals surface area contributed by atoms with Gasteiger partial charge < -0.3 is 5.32 Å². The fraction of sp³-hybridized carbons (Fsp3) is 0.346. The summed E-state index contributed by atoms with van der Waals surface area (Å²) in [6.07, 6.45) is 9.74. The summed E-state index contributed by atoms with van der Waals surface area (Å²) in [5.41, 5.74) is 3.79. The van der Waals surface area contributed by atoms with Crippen LogP contribution in [0.4, 0.5) is 5.82 Å². The van der Waals surface area contributed by atoms with E-state index in [1.54, 1.807) is 6.20 Å². The zero-order valence-corrected chi connectivity index (χ0v) is 18.9. The van der Waals surface area contributed by atoms with Crippen molar-refractivity contribution in [2.75, 3.05) is 25.0 Å². The van der Waals surface area contributed by atoms with E-state index in [0.717, 1.165) is 48.1 Å². The summed E-state index contributed by atoms with van der Waals surface area (Å²) in [6, 6.07) is 15.2. The van der Waals surface area contributed by atoms with E-state index in [0.29, 0.717) is 6.04 Å². The van der Waals surface area contributed by atoms with Crippen molar-refractivity contribution in [3.05, 3.63) is 70.9 Å². The number of anilines is 1. The molecule has 1 atom stereocenters. The number of hydrogen-bond acceptors (Lipinski definition) is 6. The normalized spacial score (nSPS) is 17.0. The van der Waals surface area contributed by atoms with Crippen molar-refractivity contribution >= 4 is 27.4 Å². The Labute approximate surface area is 192 Å². The van der Waals surface area contributed by atoms with Crippen LogP contribution in [0.15, 0.2) is 54.9 Å². The molecule has 1 saturated heterocycles. The Morgan fingerprint density at radius 1 is 0.969 bits per heavy atom. The second kappa shape index (κ2) is 8.60. The number of benzene rings is 1. The number of nitrogens with zero attached hydrogens (tertiary/aromatic N) is 4. The first-order valence-electron chi connectivity index (χ1n) is 11.6. The van der Waals surface area contributed by atoms with Crippen LogP contribution in [0.5, 0.6) is 0 Å². The van der Waals surface area contributed by atoms with Crippen LogP contribution in [-0.4, -0.2) is 39.5 Å². The molecular weight excluding hydrogens is 414 g/mol. The fourth-order valence-electron chi connectivity index (χ4n) is 5.13. The number of pyridine rings is 1. The minimum absolute atomic E-state index is 0.345. The van der Waals surface area contributed by atoms with Crippen molar-refractivity contribution < 1.29 is 0 Å². The van der Waals surface area contributed by atoms with Crippen LogP contribution in [0.1, 0.15) is 41.3 Å². The van der Waals surface area contributed by atoms with Crippen LogP contribution in [-0.2, 0) is 12.8 Å². The molecule has 0 radical (unpaired) electrons. The Balaban J connectivity index is 1.39. The van der Waals surface area contributed by atoms with Gasteiger partial charge in [-0.15, -0.1) is 11.3 Å². The van der Waals surface area contributed by atoms with Gasteiger partial charge in [0.25, 0.3) is 0 Å². The molecule has 0 bridgehead atoms. The molecule has 6 rings (SSSR count). The third-order valence-corrected chi connectivity index (χ3v) is 7.90. The molecule has 1 aliphatic heterocycles. The predicted molar refractivity (Wildman–Crippen MR) is 131 cm³/mol. The van der Waals surface area contributed by atoms with Gasteiger partial charge in [0.2, 0.25) is 0 Å². The molecule has 0 saturated carbocycles. The van der Waals surface area contributed by atoms with E-state index in [4.69, 9.17) is 9.97 Å². The predicted octanol–water partition coefficient (Wildman–Crippen LogP) is 5.49. The zero-order valence-electron chi connectivity index (χ0n) is 18.1. The lowest BCUT2D eigenvalue weighted by Gasteiger charge is -2.28. The molecule has 5 nitrogen and oxygen atoms in total. The van der Waals surface area contributed by atoms with Crippen LogP contribution in [0, 0.1) is 0 Å². The molecule has 0 spiro atoms. The average Bonchev–Trinajstić information content (AvgIpc) is 3.58. The molecule has 1 aromatic carbocycles. The van der Waals surface area contributed by atoms with Gasteiger partial charge in [-0.05, 0) is 68.5 Å². The van der Waals surface area contributed by atoms with Crippen LogP contribution in [0.3, 0.4) is 0 Å². The van der Waals surface area contributed by atoms with Gasteiger partial charge in [-0.25, -0.2) is 9.97 Å². The van der Waals surface area contributed by atoms with Gasteiger partial charge in [-0.2, -0.15) is 0 Å². The number of aryl methyl sites for hydroxylation is 2. The van der Waals surface area contributed by atoms with Crippen molar-refractivity contribution in [3.8, 4) is 11.4 Å². The summed E-state index contributed by atoms with van der Waals surface area (Å²) in [6.45, 7) is 3.16. The van der Waals surface area contributed by atoms with Gasteiger partial charge >= 0.3 is 0 Å². The highest BCUT2D eigenvalue weighted by Crippen LogP contribution is 2.40. The highest BCUT2D eigenvalue weighted by Gasteiger charge is 2.26. The Kier molecular flexibility index (Phi) is 5.33. The first kappa shape index (κ1) is 19.8. The van der Waals surface area contributed by atoms with Crippen LogP contribution in [0.2, 0.25) is 0 Å². The van der Waals surface area contributed by atoms with Crippen molar-refractivity contribution in [2.24, 2.45) is 0 Å². The number of aromatic nitrogens is 3. The van der Waals surface area contributed by atoms with E-state index in [2.05, 4.69) is 45.5 Å². The fourth-order valence-corrected chi connectivity index (χ4v) is 6.39. The second-order valence-corrected chi connectivity index (χ2v) is 9.81. The molecule has 4 heterocycles. The number of likely N-dealkylation sites (tertiary alicyclic amines) is 1. The first-order chi connectivity index (χ1) is 15.9. The lowest BCUT2D eigenvalue weighted by molar-refractivity contribution is 0.256. The number of thiophene rings is 1. The Bertz CT molecular complexity index is 1220. The van der Waals surface area contributed by atoms with Gasteiger partial charge in [-0.1, -0.05) is 30.3 Å². The molecule has 1 aliphatic carbocycles. The molecule has 1 fully saturated rings. The monoisotopic (exact) mass is 441 g/mol. The SMILES string of the molecule is c1ccc([C@H](CNc2nc(-c3cccnc3)nc3sc4c(c23)CCC4)N2CCCC2)cc1. The highest BCUT2D eigenvalue weighted by molar-refractivity contribution is 7.19. The van der Waals surface area contributed by atoms with Crippen molar-refractivity contribution in [3.63, 3.8) is 0 Å². The summed E-state index contributed by atoms with van der Waals surface area (Å²) in [7, 11) is 0.